The third-order valence-electron chi connectivity index (χ3n) is 6.76. The van der Waals surface area contributed by atoms with Gasteiger partial charge in [-0.2, -0.15) is 0 Å². The van der Waals surface area contributed by atoms with E-state index in [2.05, 4.69) is 11.4 Å². The zero-order valence-electron chi connectivity index (χ0n) is 22.3. The van der Waals surface area contributed by atoms with E-state index in [4.69, 9.17) is 9.47 Å². The van der Waals surface area contributed by atoms with Crippen molar-refractivity contribution in [2.45, 2.75) is 91.3 Å². The van der Waals surface area contributed by atoms with Gasteiger partial charge in [0.2, 0.25) is 11.8 Å². The van der Waals surface area contributed by atoms with Gasteiger partial charge in [-0.3, -0.25) is 9.59 Å². The minimum atomic E-state index is -0.488. The summed E-state index contributed by atoms with van der Waals surface area (Å²) in [5.41, 5.74) is 3.19. The Labute approximate surface area is 216 Å². The molecule has 0 saturated heterocycles. The quantitative estimate of drug-likeness (QED) is 0.394. The molecule has 0 aromatic heterocycles. The fraction of sp³-hybridized carbons (Fsp3) is 0.533. The lowest BCUT2D eigenvalue weighted by atomic mass is 10.0. The van der Waals surface area contributed by atoms with Crippen LogP contribution >= 0.6 is 0 Å². The number of hydrogen-bond donors (Lipinski definition) is 1. The van der Waals surface area contributed by atoms with Gasteiger partial charge in [-0.05, 0) is 69.7 Å². The first kappa shape index (κ1) is 27.6. The predicted molar refractivity (Wildman–Crippen MR) is 143 cm³/mol. The molecule has 1 fully saturated rings. The largest absolute Gasteiger partial charge is 0.490 e. The van der Waals surface area contributed by atoms with Crippen LogP contribution in [0.1, 0.15) is 76.0 Å². The highest BCUT2D eigenvalue weighted by Gasteiger charge is 2.30. The topological polar surface area (TPSA) is 67.9 Å². The highest BCUT2D eigenvalue weighted by Crippen LogP contribution is 2.29. The Morgan fingerprint density at radius 3 is 2.36 bits per heavy atom. The summed E-state index contributed by atoms with van der Waals surface area (Å²) in [5, 5.41) is 3.21. The molecule has 0 bridgehead atoms. The maximum atomic E-state index is 13.6. The second kappa shape index (κ2) is 13.9. The number of nitrogens with one attached hydrogen (secondary N) is 1. The molecule has 1 saturated carbocycles. The van der Waals surface area contributed by atoms with E-state index in [9.17, 15) is 9.59 Å². The number of aryl methyl sites for hydroxylation is 2. The van der Waals surface area contributed by atoms with E-state index in [0.29, 0.717) is 50.5 Å². The molecule has 2 aromatic rings. The number of rotatable bonds is 13. The lowest BCUT2D eigenvalue weighted by molar-refractivity contribution is -0.141. The molecule has 1 unspecified atom stereocenters. The molecule has 6 nitrogen and oxygen atoms in total. The second-order valence-corrected chi connectivity index (χ2v) is 9.57. The van der Waals surface area contributed by atoms with Gasteiger partial charge in [0.1, 0.15) is 6.04 Å². The van der Waals surface area contributed by atoms with Gasteiger partial charge in [0.05, 0.1) is 13.2 Å². The van der Waals surface area contributed by atoms with Crippen LogP contribution in [0.15, 0.2) is 42.5 Å². The summed E-state index contributed by atoms with van der Waals surface area (Å²) in [5.74, 6) is 1.36. The van der Waals surface area contributed by atoms with Crippen LogP contribution in [-0.4, -0.2) is 42.0 Å². The molecule has 0 radical (unpaired) electrons. The fourth-order valence-electron chi connectivity index (χ4n) is 4.94. The third kappa shape index (κ3) is 7.74. The van der Waals surface area contributed by atoms with E-state index in [-0.39, 0.29) is 17.9 Å². The van der Waals surface area contributed by atoms with Crippen molar-refractivity contribution in [3.8, 4) is 11.5 Å². The van der Waals surface area contributed by atoms with Gasteiger partial charge in [0, 0.05) is 19.0 Å². The normalized spacial score (nSPS) is 14.3. The lowest BCUT2D eigenvalue weighted by Gasteiger charge is -2.31. The summed E-state index contributed by atoms with van der Waals surface area (Å²) in [6.45, 7) is 9.44. The lowest BCUT2D eigenvalue weighted by Crippen LogP contribution is -2.51. The molecule has 1 N–H and O–H groups in total. The first-order valence-corrected chi connectivity index (χ1v) is 13.5. The maximum Gasteiger partial charge on any atom is 0.243 e. The molecule has 2 amide bonds. The Morgan fingerprint density at radius 2 is 1.69 bits per heavy atom. The average Bonchev–Trinajstić information content (AvgIpc) is 3.37. The summed E-state index contributed by atoms with van der Waals surface area (Å²) in [6.07, 6.45) is 5.81. The molecular weight excluding hydrogens is 452 g/mol. The summed E-state index contributed by atoms with van der Waals surface area (Å²) >= 11 is 0. The molecule has 0 heterocycles. The van der Waals surface area contributed by atoms with Gasteiger partial charge in [-0.25, -0.2) is 0 Å². The highest BCUT2D eigenvalue weighted by molar-refractivity contribution is 5.88. The van der Waals surface area contributed by atoms with Crippen LogP contribution in [0.5, 0.6) is 11.5 Å². The van der Waals surface area contributed by atoms with Crippen molar-refractivity contribution in [2.24, 2.45) is 0 Å². The Morgan fingerprint density at radius 1 is 0.972 bits per heavy atom. The number of carbonyl (C=O) groups is 2. The van der Waals surface area contributed by atoms with Gasteiger partial charge in [-0.1, -0.05) is 55.7 Å². The van der Waals surface area contributed by atoms with Crippen molar-refractivity contribution in [1.29, 1.82) is 0 Å². The zero-order chi connectivity index (χ0) is 25.9. The molecule has 0 aliphatic heterocycles. The third-order valence-corrected chi connectivity index (χ3v) is 6.76. The standard InChI is InChI=1S/C30H42N2O4/c1-5-26(30(34)31-25-13-8-9-14-25)32(21-24-12-10-11-22(4)19-24)29(33)18-16-23-15-17-27(35-6-2)28(20-23)36-7-3/h10-12,15,17,19-20,25-26H,5-9,13-14,16,18,21H2,1-4H3,(H,31,34). The summed E-state index contributed by atoms with van der Waals surface area (Å²) in [4.78, 5) is 28.7. The molecular formula is C30H42N2O4. The van der Waals surface area contributed by atoms with Crippen molar-refractivity contribution in [3.63, 3.8) is 0 Å². The van der Waals surface area contributed by atoms with Crippen molar-refractivity contribution in [3.05, 3.63) is 59.2 Å². The van der Waals surface area contributed by atoms with Gasteiger partial charge >= 0.3 is 0 Å². The number of hydrogen-bond acceptors (Lipinski definition) is 4. The molecule has 1 aliphatic carbocycles. The van der Waals surface area contributed by atoms with E-state index in [1.54, 1.807) is 4.90 Å². The zero-order valence-corrected chi connectivity index (χ0v) is 22.3. The molecule has 0 spiro atoms. The summed E-state index contributed by atoms with van der Waals surface area (Å²) in [6, 6.07) is 13.7. The van der Waals surface area contributed by atoms with E-state index in [0.717, 1.165) is 42.4 Å². The number of amides is 2. The Balaban J connectivity index is 1.76. The van der Waals surface area contributed by atoms with Crippen molar-refractivity contribution in [1.82, 2.24) is 10.2 Å². The number of nitrogens with zero attached hydrogens (tertiary/aromatic N) is 1. The summed E-state index contributed by atoms with van der Waals surface area (Å²) in [7, 11) is 0. The van der Waals surface area contributed by atoms with E-state index >= 15 is 0 Å². The molecule has 196 valence electrons. The second-order valence-electron chi connectivity index (χ2n) is 9.57. The van der Waals surface area contributed by atoms with Gasteiger partial charge < -0.3 is 19.7 Å². The number of carbonyl (C=O) groups excluding carboxylic acids is 2. The van der Waals surface area contributed by atoms with Crippen molar-refractivity contribution in [2.75, 3.05) is 13.2 Å². The first-order chi connectivity index (χ1) is 17.4. The molecule has 1 aliphatic rings. The fourth-order valence-corrected chi connectivity index (χ4v) is 4.94. The SMILES string of the molecule is CCOc1ccc(CCC(=O)N(Cc2cccc(C)c2)C(CC)C(=O)NC2CCCC2)cc1OCC. The molecule has 2 aromatic carbocycles. The van der Waals surface area contributed by atoms with Crippen LogP contribution < -0.4 is 14.8 Å². The van der Waals surface area contributed by atoms with Crippen molar-refractivity contribution >= 4 is 11.8 Å². The van der Waals surface area contributed by atoms with Crippen molar-refractivity contribution < 1.29 is 19.1 Å². The van der Waals surface area contributed by atoms with Crippen LogP contribution in [0.25, 0.3) is 0 Å². The Hall–Kier alpha value is -3.02. The smallest absolute Gasteiger partial charge is 0.243 e. The van der Waals surface area contributed by atoms with Crippen LogP contribution in [0, 0.1) is 6.92 Å². The molecule has 6 heteroatoms. The molecule has 3 rings (SSSR count). The van der Waals surface area contributed by atoms with Crippen LogP contribution in [0.3, 0.4) is 0 Å². The Kier molecular flexibility index (Phi) is 10.6. The van der Waals surface area contributed by atoms with Gasteiger partial charge in [-0.15, -0.1) is 0 Å². The minimum Gasteiger partial charge on any atom is -0.490 e. The van der Waals surface area contributed by atoms with E-state index in [1.807, 2.05) is 64.1 Å². The highest BCUT2D eigenvalue weighted by atomic mass is 16.5. The van der Waals surface area contributed by atoms with Crippen LogP contribution in [-0.2, 0) is 22.6 Å². The number of benzene rings is 2. The summed E-state index contributed by atoms with van der Waals surface area (Å²) < 4.78 is 11.4. The number of ether oxygens (including phenoxy) is 2. The predicted octanol–water partition coefficient (Wildman–Crippen LogP) is 5.59. The van der Waals surface area contributed by atoms with Crippen LogP contribution in [0.2, 0.25) is 0 Å². The van der Waals surface area contributed by atoms with E-state index in [1.165, 1.54) is 0 Å². The van der Waals surface area contributed by atoms with Gasteiger partial charge in [0.25, 0.3) is 0 Å². The minimum absolute atomic E-state index is 0.0169. The molecule has 36 heavy (non-hydrogen) atoms. The van der Waals surface area contributed by atoms with Gasteiger partial charge in [0.15, 0.2) is 11.5 Å². The maximum absolute atomic E-state index is 13.6. The average molecular weight is 495 g/mol. The first-order valence-electron chi connectivity index (χ1n) is 13.5. The molecule has 1 atom stereocenters. The Bertz CT molecular complexity index is 1000. The monoisotopic (exact) mass is 494 g/mol. The van der Waals surface area contributed by atoms with E-state index < -0.39 is 6.04 Å². The van der Waals surface area contributed by atoms with Crippen LogP contribution in [0.4, 0.5) is 0 Å².